The van der Waals surface area contributed by atoms with Crippen molar-refractivity contribution >= 4 is 28.4 Å². The van der Waals surface area contributed by atoms with Crippen molar-refractivity contribution in [3.8, 4) is 6.07 Å². The first-order chi connectivity index (χ1) is 13.1. The van der Waals surface area contributed by atoms with Crippen molar-refractivity contribution in [3.05, 3.63) is 77.1 Å². The van der Waals surface area contributed by atoms with E-state index in [2.05, 4.69) is 23.5 Å². The molecule has 0 aliphatic rings. The first-order valence-electron chi connectivity index (χ1n) is 8.87. The van der Waals surface area contributed by atoms with Gasteiger partial charge in [-0.05, 0) is 54.8 Å². The average molecular weight is 375 g/mol. The van der Waals surface area contributed by atoms with Gasteiger partial charge in [0.15, 0.2) is 5.65 Å². The largest absolute Gasteiger partial charge is 0.286 e. The van der Waals surface area contributed by atoms with Crippen LogP contribution in [0.25, 0.3) is 16.7 Å². The monoisotopic (exact) mass is 375 g/mol. The van der Waals surface area contributed by atoms with Crippen LogP contribution in [0.5, 0.6) is 0 Å². The van der Waals surface area contributed by atoms with Crippen LogP contribution in [0, 0.1) is 17.1 Å². The number of nitriles is 1. The zero-order chi connectivity index (χ0) is 19.0. The number of thioether (sulfide) groups is 1. The van der Waals surface area contributed by atoms with Crippen LogP contribution >= 0.6 is 11.8 Å². The second kappa shape index (κ2) is 7.05. The maximum absolute atomic E-state index is 13.3. The first kappa shape index (κ1) is 17.6. The van der Waals surface area contributed by atoms with Crippen molar-refractivity contribution in [3.63, 3.8) is 0 Å². The van der Waals surface area contributed by atoms with Crippen molar-refractivity contribution in [1.29, 1.82) is 5.26 Å². The molecule has 0 amide bonds. The van der Waals surface area contributed by atoms with Crippen LogP contribution in [0.1, 0.15) is 35.8 Å². The molecular weight excluding hydrogens is 357 g/mol. The summed E-state index contributed by atoms with van der Waals surface area (Å²) >= 11 is 1.69. The molecule has 0 aliphatic carbocycles. The van der Waals surface area contributed by atoms with E-state index < -0.39 is 0 Å². The molecule has 5 heteroatoms. The molecular formula is C22H18FN3S. The lowest BCUT2D eigenvalue weighted by Gasteiger charge is -2.15. The van der Waals surface area contributed by atoms with Gasteiger partial charge in [-0.2, -0.15) is 5.26 Å². The Morgan fingerprint density at radius 2 is 1.93 bits per heavy atom. The van der Waals surface area contributed by atoms with Crippen LogP contribution in [-0.4, -0.2) is 9.38 Å². The number of para-hydroxylation sites is 2. The molecule has 4 rings (SSSR count). The van der Waals surface area contributed by atoms with Gasteiger partial charge in [0.25, 0.3) is 0 Å². The Labute approximate surface area is 161 Å². The number of rotatable bonds is 4. The van der Waals surface area contributed by atoms with Gasteiger partial charge in [-0.3, -0.25) is 4.40 Å². The smallest absolute Gasteiger partial charge is 0.157 e. The van der Waals surface area contributed by atoms with Crippen molar-refractivity contribution in [2.75, 3.05) is 0 Å². The van der Waals surface area contributed by atoms with Gasteiger partial charge in [0.1, 0.15) is 11.9 Å². The standard InChI is InChI=1S/C22H18FN3S/c1-3-15-12-21(27-14(2)16-8-10-17(23)11-9-16)26-20-7-5-4-6-19(20)25-22(26)18(15)13-24/h4-12,14H,3H2,1-2H3/t14-/m1/s1. The van der Waals surface area contributed by atoms with Gasteiger partial charge in [-0.25, -0.2) is 9.37 Å². The lowest BCUT2D eigenvalue weighted by atomic mass is 10.1. The quantitative estimate of drug-likeness (QED) is 0.416. The number of imidazole rings is 1. The average Bonchev–Trinajstić information content (AvgIpc) is 3.07. The Kier molecular flexibility index (Phi) is 4.59. The molecule has 3 nitrogen and oxygen atoms in total. The van der Waals surface area contributed by atoms with E-state index in [0.717, 1.165) is 33.6 Å². The van der Waals surface area contributed by atoms with Gasteiger partial charge in [0.05, 0.1) is 21.6 Å². The highest BCUT2D eigenvalue weighted by atomic mass is 32.2. The summed E-state index contributed by atoms with van der Waals surface area (Å²) in [6.45, 7) is 4.15. The molecule has 2 aromatic heterocycles. The van der Waals surface area contributed by atoms with E-state index in [1.165, 1.54) is 12.1 Å². The first-order valence-corrected chi connectivity index (χ1v) is 9.75. The van der Waals surface area contributed by atoms with Crippen molar-refractivity contribution in [2.24, 2.45) is 0 Å². The van der Waals surface area contributed by atoms with Crippen LogP contribution in [0.2, 0.25) is 0 Å². The van der Waals surface area contributed by atoms with E-state index in [9.17, 15) is 9.65 Å². The fraction of sp³-hybridized carbons (Fsp3) is 0.182. The topological polar surface area (TPSA) is 41.1 Å². The van der Waals surface area contributed by atoms with Crippen molar-refractivity contribution in [2.45, 2.75) is 30.5 Å². The summed E-state index contributed by atoms with van der Waals surface area (Å²) in [5.74, 6) is -0.231. The summed E-state index contributed by atoms with van der Waals surface area (Å²) in [6, 6.07) is 19.0. The molecule has 0 radical (unpaired) electrons. The molecule has 0 saturated heterocycles. The van der Waals surface area contributed by atoms with Gasteiger partial charge >= 0.3 is 0 Å². The Morgan fingerprint density at radius 3 is 2.63 bits per heavy atom. The summed E-state index contributed by atoms with van der Waals surface area (Å²) in [7, 11) is 0. The summed E-state index contributed by atoms with van der Waals surface area (Å²) in [4.78, 5) is 4.72. The van der Waals surface area contributed by atoms with Crippen LogP contribution < -0.4 is 0 Å². The summed E-state index contributed by atoms with van der Waals surface area (Å²) in [5, 5.41) is 10.9. The highest BCUT2D eigenvalue weighted by Gasteiger charge is 2.18. The van der Waals surface area contributed by atoms with Gasteiger partial charge in [0, 0.05) is 5.25 Å². The van der Waals surface area contributed by atoms with Crippen LogP contribution in [0.4, 0.5) is 4.39 Å². The van der Waals surface area contributed by atoms with Crippen molar-refractivity contribution in [1.82, 2.24) is 9.38 Å². The van der Waals surface area contributed by atoms with E-state index in [0.29, 0.717) is 11.2 Å². The van der Waals surface area contributed by atoms with Gasteiger partial charge in [0.2, 0.25) is 0 Å². The maximum atomic E-state index is 13.3. The van der Waals surface area contributed by atoms with E-state index >= 15 is 0 Å². The lowest BCUT2D eigenvalue weighted by molar-refractivity contribution is 0.627. The van der Waals surface area contributed by atoms with E-state index in [4.69, 9.17) is 4.98 Å². The molecule has 4 aromatic rings. The SMILES string of the molecule is CCc1cc(S[C@H](C)c2ccc(F)cc2)n2c(nc3ccccc32)c1C#N. The fourth-order valence-corrected chi connectivity index (χ4v) is 4.47. The summed E-state index contributed by atoms with van der Waals surface area (Å²) in [6.07, 6.45) is 0.765. The molecule has 0 fully saturated rings. The minimum absolute atomic E-state index is 0.132. The molecule has 0 unspecified atom stereocenters. The molecule has 1 atom stereocenters. The number of benzene rings is 2. The van der Waals surface area contributed by atoms with E-state index in [-0.39, 0.29) is 11.1 Å². The molecule has 2 heterocycles. The molecule has 2 aromatic carbocycles. The van der Waals surface area contributed by atoms with Crippen LogP contribution in [0.3, 0.4) is 0 Å². The molecule has 27 heavy (non-hydrogen) atoms. The number of fused-ring (bicyclic) bond motifs is 3. The predicted molar refractivity (Wildman–Crippen MR) is 107 cm³/mol. The third-order valence-electron chi connectivity index (χ3n) is 4.75. The Bertz CT molecular complexity index is 1170. The van der Waals surface area contributed by atoms with Crippen molar-refractivity contribution < 1.29 is 4.39 Å². The van der Waals surface area contributed by atoms with Crippen LogP contribution in [-0.2, 0) is 6.42 Å². The maximum Gasteiger partial charge on any atom is 0.157 e. The van der Waals surface area contributed by atoms with Gasteiger partial charge in [-0.1, -0.05) is 43.0 Å². The van der Waals surface area contributed by atoms with Gasteiger partial charge < -0.3 is 0 Å². The Morgan fingerprint density at radius 1 is 1.19 bits per heavy atom. The molecule has 0 aliphatic heterocycles. The number of aromatic nitrogens is 2. The number of halogens is 1. The third-order valence-corrected chi connectivity index (χ3v) is 5.92. The number of hydrogen-bond donors (Lipinski definition) is 0. The molecule has 0 saturated carbocycles. The zero-order valence-corrected chi connectivity index (χ0v) is 15.9. The summed E-state index contributed by atoms with van der Waals surface area (Å²) in [5.41, 5.74) is 5.24. The second-order valence-electron chi connectivity index (χ2n) is 6.42. The Balaban J connectivity index is 1.91. The van der Waals surface area contributed by atoms with E-state index in [1.807, 2.05) is 43.3 Å². The highest BCUT2D eigenvalue weighted by Crippen LogP contribution is 2.38. The minimum atomic E-state index is -0.231. The fourth-order valence-electron chi connectivity index (χ4n) is 3.32. The number of aryl methyl sites for hydroxylation is 1. The third kappa shape index (κ3) is 3.07. The Hall–Kier alpha value is -2.84. The second-order valence-corrected chi connectivity index (χ2v) is 7.78. The zero-order valence-electron chi connectivity index (χ0n) is 15.1. The van der Waals surface area contributed by atoms with Gasteiger partial charge in [-0.15, -0.1) is 0 Å². The molecule has 0 spiro atoms. The highest BCUT2D eigenvalue weighted by molar-refractivity contribution is 7.99. The molecule has 0 N–H and O–H groups in total. The minimum Gasteiger partial charge on any atom is -0.286 e. The van der Waals surface area contributed by atoms with E-state index in [1.54, 1.807) is 11.8 Å². The van der Waals surface area contributed by atoms with Crippen LogP contribution in [0.15, 0.2) is 59.6 Å². The predicted octanol–water partition coefficient (Wildman–Crippen LogP) is 5.91. The number of pyridine rings is 1. The molecule has 0 bridgehead atoms. The lowest BCUT2D eigenvalue weighted by Crippen LogP contribution is -2.00. The number of nitrogens with zero attached hydrogens (tertiary/aromatic N) is 3. The number of hydrogen-bond acceptors (Lipinski definition) is 3. The normalized spacial score (nSPS) is 12.4. The summed E-state index contributed by atoms with van der Waals surface area (Å²) < 4.78 is 15.3. The molecule has 134 valence electrons.